The van der Waals surface area contributed by atoms with Gasteiger partial charge in [-0.3, -0.25) is 4.79 Å². The van der Waals surface area contributed by atoms with Crippen molar-refractivity contribution in [2.24, 2.45) is 0 Å². The van der Waals surface area contributed by atoms with E-state index in [0.29, 0.717) is 32.1 Å². The van der Waals surface area contributed by atoms with Crippen LogP contribution in [0.3, 0.4) is 0 Å². The molecule has 8 nitrogen and oxygen atoms in total. The summed E-state index contributed by atoms with van der Waals surface area (Å²) in [5, 5.41) is 12.1. The second-order valence-corrected chi connectivity index (χ2v) is 6.94. The Bertz CT molecular complexity index is 606. The van der Waals surface area contributed by atoms with Crippen molar-refractivity contribution in [2.45, 2.75) is 31.6 Å². The Balaban J connectivity index is 1.69. The van der Waals surface area contributed by atoms with E-state index >= 15 is 0 Å². The number of carbonyl (C=O) groups excluding carboxylic acids is 1. The molecule has 2 saturated heterocycles. The van der Waals surface area contributed by atoms with Crippen LogP contribution in [0, 0.1) is 0 Å². The first-order valence-electron chi connectivity index (χ1n) is 9.47. The van der Waals surface area contributed by atoms with Gasteiger partial charge in [0, 0.05) is 58.2 Å². The average Bonchev–Trinajstić information content (AvgIpc) is 3.20. The normalized spacial score (nSPS) is 20.5. The highest BCUT2D eigenvalue weighted by atomic mass is 16.5. The minimum atomic E-state index is 0.0301. The number of piperidine rings is 1. The molecule has 1 aromatic rings. The zero-order chi connectivity index (χ0) is 18.4. The first-order chi connectivity index (χ1) is 12.7. The monoisotopic (exact) mass is 363 g/mol. The number of aliphatic hydroxyl groups is 1. The second-order valence-electron chi connectivity index (χ2n) is 6.94. The van der Waals surface area contributed by atoms with Crippen LogP contribution in [0.4, 0.5) is 11.8 Å². The number of likely N-dealkylation sites (tertiary alicyclic amines) is 1. The van der Waals surface area contributed by atoms with Crippen LogP contribution in [0.1, 0.15) is 37.3 Å². The van der Waals surface area contributed by atoms with Gasteiger partial charge in [-0.25, -0.2) is 4.98 Å². The summed E-state index contributed by atoms with van der Waals surface area (Å²) < 4.78 is 5.49. The Labute approximate surface area is 154 Å². The maximum Gasteiger partial charge on any atom is 0.224 e. The van der Waals surface area contributed by atoms with Gasteiger partial charge < -0.3 is 25.0 Å². The van der Waals surface area contributed by atoms with Gasteiger partial charge in [0.1, 0.15) is 5.82 Å². The van der Waals surface area contributed by atoms with Gasteiger partial charge in [0.2, 0.25) is 11.9 Å². The van der Waals surface area contributed by atoms with Gasteiger partial charge in [-0.15, -0.1) is 0 Å². The van der Waals surface area contributed by atoms with Crippen molar-refractivity contribution in [1.82, 2.24) is 14.9 Å². The van der Waals surface area contributed by atoms with Crippen LogP contribution in [0.15, 0.2) is 6.07 Å². The summed E-state index contributed by atoms with van der Waals surface area (Å²) >= 11 is 0. The van der Waals surface area contributed by atoms with Crippen molar-refractivity contribution in [3.05, 3.63) is 11.8 Å². The lowest BCUT2D eigenvalue weighted by molar-refractivity contribution is -0.133. The fourth-order valence-corrected chi connectivity index (χ4v) is 3.36. The van der Waals surface area contributed by atoms with Gasteiger partial charge in [0.05, 0.1) is 18.9 Å². The van der Waals surface area contributed by atoms with Crippen LogP contribution in [-0.2, 0) is 9.53 Å². The third-order valence-corrected chi connectivity index (χ3v) is 4.99. The minimum absolute atomic E-state index is 0.0301. The van der Waals surface area contributed by atoms with Gasteiger partial charge in [0.25, 0.3) is 0 Å². The largest absolute Gasteiger partial charge is 0.395 e. The molecule has 0 radical (unpaired) electrons. The summed E-state index contributed by atoms with van der Waals surface area (Å²) in [5.74, 6) is 1.89. The van der Waals surface area contributed by atoms with Crippen molar-refractivity contribution < 1.29 is 14.6 Å². The number of nitrogens with zero attached hydrogens (tertiary/aromatic N) is 4. The lowest BCUT2D eigenvalue weighted by atomic mass is 10.0. The summed E-state index contributed by atoms with van der Waals surface area (Å²) in [7, 11) is 1.99. The van der Waals surface area contributed by atoms with E-state index in [-0.39, 0.29) is 18.4 Å². The fourth-order valence-electron chi connectivity index (χ4n) is 3.36. The van der Waals surface area contributed by atoms with E-state index in [2.05, 4.69) is 20.2 Å². The number of hydrogen-bond donors (Lipinski definition) is 2. The van der Waals surface area contributed by atoms with Crippen LogP contribution >= 0.6 is 0 Å². The van der Waals surface area contributed by atoms with E-state index in [4.69, 9.17) is 9.84 Å². The summed E-state index contributed by atoms with van der Waals surface area (Å²) in [6, 6.07) is 2.02. The Hall–Kier alpha value is -1.93. The molecule has 0 saturated carbocycles. The number of aliphatic hydroxyl groups excluding tert-OH is 1. The third-order valence-electron chi connectivity index (χ3n) is 4.99. The lowest BCUT2D eigenvalue weighted by Gasteiger charge is -2.29. The van der Waals surface area contributed by atoms with Gasteiger partial charge in [0.15, 0.2) is 0 Å². The lowest BCUT2D eigenvalue weighted by Crippen LogP contribution is -2.40. The number of amides is 1. The molecule has 1 amide bonds. The number of anilines is 2. The number of hydrogen-bond acceptors (Lipinski definition) is 7. The highest BCUT2D eigenvalue weighted by Crippen LogP contribution is 2.27. The predicted octanol–water partition coefficient (Wildman–Crippen LogP) is 0.833. The summed E-state index contributed by atoms with van der Waals surface area (Å²) in [6.07, 6.45) is 3.72. The highest BCUT2D eigenvalue weighted by molar-refractivity contribution is 5.76. The van der Waals surface area contributed by atoms with E-state index in [1.807, 2.05) is 18.0 Å². The van der Waals surface area contributed by atoms with Crippen molar-refractivity contribution in [3.63, 3.8) is 0 Å². The molecule has 26 heavy (non-hydrogen) atoms. The highest BCUT2D eigenvalue weighted by Gasteiger charge is 2.22. The SMILES string of the molecule is CN(CCN1CCCCC1=O)c1cc(C2CCOC2)nc(NCCO)n1. The minimum Gasteiger partial charge on any atom is -0.395 e. The van der Waals surface area contributed by atoms with Crippen LogP contribution < -0.4 is 10.2 Å². The molecular formula is C18H29N5O3. The maximum absolute atomic E-state index is 12.0. The van der Waals surface area contributed by atoms with Gasteiger partial charge >= 0.3 is 0 Å². The molecule has 1 atom stereocenters. The van der Waals surface area contributed by atoms with Crippen molar-refractivity contribution >= 4 is 17.7 Å². The molecule has 0 aliphatic carbocycles. The van der Waals surface area contributed by atoms with E-state index < -0.39 is 0 Å². The maximum atomic E-state index is 12.0. The van der Waals surface area contributed by atoms with Gasteiger partial charge in [-0.1, -0.05) is 0 Å². The second kappa shape index (κ2) is 9.14. The Morgan fingerprint density at radius 2 is 2.31 bits per heavy atom. The van der Waals surface area contributed by atoms with Crippen LogP contribution in [-0.4, -0.2) is 78.9 Å². The molecule has 144 valence electrons. The molecule has 0 spiro atoms. The smallest absolute Gasteiger partial charge is 0.224 e. The Morgan fingerprint density at radius 3 is 3.04 bits per heavy atom. The summed E-state index contributed by atoms with van der Waals surface area (Å²) in [4.78, 5) is 25.1. The summed E-state index contributed by atoms with van der Waals surface area (Å²) in [5.41, 5.74) is 0.967. The van der Waals surface area contributed by atoms with Gasteiger partial charge in [-0.05, 0) is 19.3 Å². The molecule has 0 bridgehead atoms. The molecule has 3 heterocycles. The average molecular weight is 363 g/mol. The molecule has 2 aliphatic rings. The fraction of sp³-hybridized carbons (Fsp3) is 0.722. The van der Waals surface area contributed by atoms with Crippen LogP contribution in [0.25, 0.3) is 0 Å². The van der Waals surface area contributed by atoms with Crippen LogP contribution in [0.5, 0.6) is 0 Å². The predicted molar refractivity (Wildman–Crippen MR) is 99.5 cm³/mol. The molecule has 0 aromatic carbocycles. The standard InChI is InChI=1S/C18H29N5O3/c1-22(8-9-23-7-3-2-4-17(23)25)16-12-15(14-5-11-26-13-14)20-18(21-16)19-6-10-24/h12,14,24H,2-11,13H2,1H3,(H,19,20,21). The molecule has 2 aliphatic heterocycles. The molecule has 2 N–H and O–H groups in total. The van der Waals surface area contributed by atoms with E-state index in [1.165, 1.54) is 0 Å². The number of likely N-dealkylation sites (N-methyl/N-ethyl adjacent to an activating group) is 1. The first-order valence-corrected chi connectivity index (χ1v) is 9.47. The molecule has 1 unspecified atom stereocenters. The number of nitrogens with one attached hydrogen (secondary N) is 1. The van der Waals surface area contributed by atoms with Gasteiger partial charge in [-0.2, -0.15) is 4.98 Å². The number of carbonyl (C=O) groups is 1. The van der Waals surface area contributed by atoms with E-state index in [9.17, 15) is 4.79 Å². The number of ether oxygens (including phenoxy) is 1. The third kappa shape index (κ3) is 4.82. The number of aromatic nitrogens is 2. The van der Waals surface area contributed by atoms with Crippen LogP contribution in [0.2, 0.25) is 0 Å². The van der Waals surface area contributed by atoms with Crippen molar-refractivity contribution in [1.29, 1.82) is 0 Å². The summed E-state index contributed by atoms with van der Waals surface area (Å²) in [6.45, 7) is 4.17. The quantitative estimate of drug-likeness (QED) is 0.707. The van der Waals surface area contributed by atoms with Crippen molar-refractivity contribution in [3.8, 4) is 0 Å². The first kappa shape index (κ1) is 18.8. The van der Waals surface area contributed by atoms with E-state index in [0.717, 1.165) is 50.5 Å². The molecule has 2 fully saturated rings. The van der Waals surface area contributed by atoms with E-state index in [1.54, 1.807) is 0 Å². The Morgan fingerprint density at radius 1 is 1.42 bits per heavy atom. The topological polar surface area (TPSA) is 90.8 Å². The zero-order valence-electron chi connectivity index (χ0n) is 15.5. The molecule has 3 rings (SSSR count). The Kier molecular flexibility index (Phi) is 6.62. The molecule has 8 heteroatoms. The zero-order valence-corrected chi connectivity index (χ0v) is 15.5. The molecular weight excluding hydrogens is 334 g/mol. The van der Waals surface area contributed by atoms with Crippen molar-refractivity contribution in [2.75, 3.05) is 63.3 Å². The number of rotatable bonds is 8. The molecule has 1 aromatic heterocycles.